The Labute approximate surface area is 178 Å². The number of halogens is 1. The van der Waals surface area contributed by atoms with Crippen molar-refractivity contribution in [2.45, 2.75) is 6.42 Å². The lowest BCUT2D eigenvalue weighted by Gasteiger charge is -2.17. The summed E-state index contributed by atoms with van der Waals surface area (Å²) in [5, 5.41) is 3.01. The van der Waals surface area contributed by atoms with Gasteiger partial charge in [0.1, 0.15) is 11.5 Å². The molecule has 2 amide bonds. The standard InChI is InChI=1S/C21H21ClN2O6/c1-28-16-6-4-15(5-7-16)24-11-13(9-20(24)26)21(27)30-12-19(25)23-17-10-14(22)3-8-18(17)29-2/h3-8,10,13H,9,11-12H2,1-2H3,(H,23,25)/t13-/m1/s1. The number of carbonyl (C=O) groups excluding carboxylic acids is 3. The Morgan fingerprint density at radius 1 is 1.13 bits per heavy atom. The van der Waals surface area contributed by atoms with Crippen molar-refractivity contribution >= 4 is 40.8 Å². The molecule has 0 bridgehead atoms. The number of nitrogens with zero attached hydrogens (tertiary/aromatic N) is 1. The summed E-state index contributed by atoms with van der Waals surface area (Å²) < 4.78 is 15.4. The van der Waals surface area contributed by atoms with Crippen molar-refractivity contribution in [1.82, 2.24) is 0 Å². The van der Waals surface area contributed by atoms with Crippen molar-refractivity contribution in [3.63, 3.8) is 0 Å². The molecule has 9 heteroatoms. The minimum absolute atomic E-state index is 0.0224. The van der Waals surface area contributed by atoms with Crippen LogP contribution in [-0.2, 0) is 19.1 Å². The van der Waals surface area contributed by atoms with E-state index in [1.807, 2.05) is 0 Å². The average molecular weight is 433 g/mol. The van der Waals surface area contributed by atoms with Gasteiger partial charge >= 0.3 is 5.97 Å². The second kappa shape index (κ2) is 9.49. The van der Waals surface area contributed by atoms with E-state index in [9.17, 15) is 14.4 Å². The van der Waals surface area contributed by atoms with Crippen LogP contribution in [0.3, 0.4) is 0 Å². The summed E-state index contributed by atoms with van der Waals surface area (Å²) in [7, 11) is 3.02. The predicted molar refractivity (Wildman–Crippen MR) is 111 cm³/mol. The molecule has 0 aliphatic carbocycles. The van der Waals surface area contributed by atoms with E-state index in [0.717, 1.165) is 0 Å². The number of rotatable bonds is 7. The van der Waals surface area contributed by atoms with Gasteiger partial charge in [-0.3, -0.25) is 14.4 Å². The molecule has 1 aliphatic heterocycles. The Morgan fingerprint density at radius 2 is 1.87 bits per heavy atom. The molecule has 0 radical (unpaired) electrons. The molecule has 158 valence electrons. The molecule has 1 saturated heterocycles. The van der Waals surface area contributed by atoms with Gasteiger partial charge in [0.05, 0.1) is 25.8 Å². The lowest BCUT2D eigenvalue weighted by atomic mass is 10.1. The van der Waals surface area contributed by atoms with Crippen LogP contribution in [0.4, 0.5) is 11.4 Å². The first-order chi connectivity index (χ1) is 14.4. The van der Waals surface area contributed by atoms with E-state index in [4.69, 9.17) is 25.8 Å². The quantitative estimate of drug-likeness (QED) is 0.676. The molecule has 1 fully saturated rings. The Bertz CT molecular complexity index is 947. The van der Waals surface area contributed by atoms with Crippen molar-refractivity contribution < 1.29 is 28.6 Å². The Hall–Kier alpha value is -3.26. The molecule has 0 aromatic heterocycles. The number of methoxy groups -OCH3 is 2. The first-order valence-electron chi connectivity index (χ1n) is 9.15. The zero-order chi connectivity index (χ0) is 21.7. The van der Waals surface area contributed by atoms with E-state index in [2.05, 4.69) is 5.32 Å². The monoisotopic (exact) mass is 432 g/mol. The summed E-state index contributed by atoms with van der Waals surface area (Å²) in [5.74, 6) is -0.879. The highest BCUT2D eigenvalue weighted by molar-refractivity contribution is 6.31. The van der Waals surface area contributed by atoms with Gasteiger partial charge in [-0.15, -0.1) is 0 Å². The molecule has 8 nitrogen and oxygen atoms in total. The molecular weight excluding hydrogens is 412 g/mol. The van der Waals surface area contributed by atoms with Gasteiger partial charge in [-0.1, -0.05) is 11.6 Å². The maximum absolute atomic E-state index is 12.4. The van der Waals surface area contributed by atoms with E-state index in [1.165, 1.54) is 18.1 Å². The number of esters is 1. The molecule has 0 saturated carbocycles. The Morgan fingerprint density at radius 3 is 2.53 bits per heavy atom. The zero-order valence-electron chi connectivity index (χ0n) is 16.5. The van der Waals surface area contributed by atoms with Crippen molar-refractivity contribution in [2.24, 2.45) is 5.92 Å². The smallest absolute Gasteiger partial charge is 0.311 e. The molecule has 1 atom stereocenters. The van der Waals surface area contributed by atoms with Crippen LogP contribution in [0.15, 0.2) is 42.5 Å². The maximum atomic E-state index is 12.4. The molecule has 30 heavy (non-hydrogen) atoms. The van der Waals surface area contributed by atoms with Gasteiger partial charge in [0.2, 0.25) is 5.91 Å². The fraction of sp³-hybridized carbons (Fsp3) is 0.286. The molecule has 2 aromatic carbocycles. The second-order valence-corrected chi connectivity index (χ2v) is 7.04. The van der Waals surface area contributed by atoms with Crippen LogP contribution in [0.5, 0.6) is 11.5 Å². The van der Waals surface area contributed by atoms with E-state index >= 15 is 0 Å². The minimum Gasteiger partial charge on any atom is -0.497 e. The Kier molecular flexibility index (Phi) is 6.79. The van der Waals surface area contributed by atoms with Crippen LogP contribution in [0.25, 0.3) is 0 Å². The van der Waals surface area contributed by atoms with Crippen molar-refractivity contribution in [3.8, 4) is 11.5 Å². The first-order valence-corrected chi connectivity index (χ1v) is 9.53. The second-order valence-electron chi connectivity index (χ2n) is 6.60. The molecule has 1 aliphatic rings. The first kappa shape index (κ1) is 21.4. The normalized spacial score (nSPS) is 15.6. The third-order valence-corrected chi connectivity index (χ3v) is 4.86. The number of amides is 2. The van der Waals surface area contributed by atoms with Crippen molar-refractivity contribution in [2.75, 3.05) is 37.6 Å². The molecule has 0 unspecified atom stereocenters. The van der Waals surface area contributed by atoms with Crippen LogP contribution < -0.4 is 19.7 Å². The summed E-state index contributed by atoms with van der Waals surface area (Å²) in [6.07, 6.45) is 0.0224. The number of benzene rings is 2. The van der Waals surface area contributed by atoms with Gasteiger partial charge in [0, 0.05) is 23.7 Å². The highest BCUT2D eigenvalue weighted by atomic mass is 35.5. The van der Waals surface area contributed by atoms with E-state index in [-0.39, 0.29) is 18.9 Å². The lowest BCUT2D eigenvalue weighted by molar-refractivity contribution is -0.151. The molecule has 1 heterocycles. The van der Waals surface area contributed by atoms with Crippen LogP contribution in [0.2, 0.25) is 5.02 Å². The lowest BCUT2D eigenvalue weighted by Crippen LogP contribution is -2.28. The van der Waals surface area contributed by atoms with Gasteiger partial charge < -0.3 is 24.4 Å². The van der Waals surface area contributed by atoms with Crippen LogP contribution in [0.1, 0.15) is 6.42 Å². The van der Waals surface area contributed by atoms with Crippen molar-refractivity contribution in [3.05, 3.63) is 47.5 Å². The predicted octanol–water partition coefficient (Wildman–Crippen LogP) is 2.89. The third kappa shape index (κ3) is 5.01. The number of ether oxygens (including phenoxy) is 3. The van der Waals surface area contributed by atoms with Crippen LogP contribution >= 0.6 is 11.6 Å². The summed E-state index contributed by atoms with van der Waals surface area (Å²) in [4.78, 5) is 38.3. The largest absolute Gasteiger partial charge is 0.497 e. The fourth-order valence-corrected chi connectivity index (χ4v) is 3.27. The average Bonchev–Trinajstić information content (AvgIpc) is 3.14. The fourth-order valence-electron chi connectivity index (χ4n) is 3.10. The summed E-state index contributed by atoms with van der Waals surface area (Å²) in [6.45, 7) is -0.296. The summed E-state index contributed by atoms with van der Waals surface area (Å²) >= 11 is 5.93. The van der Waals surface area contributed by atoms with Crippen LogP contribution in [-0.4, -0.2) is 45.2 Å². The molecule has 1 N–H and O–H groups in total. The number of hydrogen-bond acceptors (Lipinski definition) is 6. The van der Waals surface area contributed by atoms with Crippen molar-refractivity contribution in [1.29, 1.82) is 0 Å². The molecular formula is C21H21ClN2O6. The molecule has 3 rings (SSSR count). The number of anilines is 2. The highest BCUT2D eigenvalue weighted by Gasteiger charge is 2.36. The SMILES string of the molecule is COc1ccc(N2C[C@H](C(=O)OCC(=O)Nc3cc(Cl)ccc3OC)CC2=O)cc1. The van der Waals surface area contributed by atoms with E-state index in [0.29, 0.717) is 27.9 Å². The Balaban J connectivity index is 1.54. The maximum Gasteiger partial charge on any atom is 0.311 e. The summed E-state index contributed by atoms with van der Waals surface area (Å²) in [6, 6.07) is 11.7. The number of carbonyl (C=O) groups is 3. The topological polar surface area (TPSA) is 94.2 Å². The minimum atomic E-state index is -0.645. The van der Waals surface area contributed by atoms with Gasteiger partial charge in [0.15, 0.2) is 6.61 Å². The van der Waals surface area contributed by atoms with Gasteiger partial charge in [-0.2, -0.15) is 0 Å². The van der Waals surface area contributed by atoms with Gasteiger partial charge in [0.25, 0.3) is 5.91 Å². The van der Waals surface area contributed by atoms with Gasteiger partial charge in [-0.25, -0.2) is 0 Å². The molecule has 0 spiro atoms. The number of hydrogen-bond donors (Lipinski definition) is 1. The zero-order valence-corrected chi connectivity index (χ0v) is 17.3. The highest BCUT2D eigenvalue weighted by Crippen LogP contribution is 2.29. The van der Waals surface area contributed by atoms with Crippen LogP contribution in [0, 0.1) is 5.92 Å². The summed E-state index contributed by atoms with van der Waals surface area (Å²) in [5.41, 5.74) is 1.04. The third-order valence-electron chi connectivity index (χ3n) is 4.62. The van der Waals surface area contributed by atoms with E-state index < -0.39 is 24.4 Å². The number of nitrogens with one attached hydrogen (secondary N) is 1. The molecule has 2 aromatic rings. The van der Waals surface area contributed by atoms with E-state index in [1.54, 1.807) is 43.5 Å². The van der Waals surface area contributed by atoms with Gasteiger partial charge in [-0.05, 0) is 42.5 Å².